The van der Waals surface area contributed by atoms with E-state index < -0.39 is 0 Å². The van der Waals surface area contributed by atoms with Gasteiger partial charge in [0.05, 0.1) is 0 Å². The first kappa shape index (κ1) is 15.8. The van der Waals surface area contributed by atoms with Gasteiger partial charge in [0, 0.05) is 18.6 Å². The Morgan fingerprint density at radius 1 is 1.00 bits per heavy atom. The largest absolute Gasteiger partial charge is 0.314 e. The van der Waals surface area contributed by atoms with Gasteiger partial charge in [0.2, 0.25) is 0 Å². The zero-order chi connectivity index (χ0) is 14.7. The van der Waals surface area contributed by atoms with Crippen molar-refractivity contribution in [1.29, 1.82) is 0 Å². The van der Waals surface area contributed by atoms with Crippen LogP contribution in [0.15, 0.2) is 0 Å². The van der Waals surface area contributed by atoms with Crippen LogP contribution in [0.2, 0.25) is 0 Å². The van der Waals surface area contributed by atoms with Crippen molar-refractivity contribution >= 4 is 0 Å². The fourth-order valence-corrected chi connectivity index (χ4v) is 5.55. The van der Waals surface area contributed by atoms with E-state index in [0.29, 0.717) is 0 Å². The molecule has 21 heavy (non-hydrogen) atoms. The van der Waals surface area contributed by atoms with Crippen LogP contribution in [-0.4, -0.2) is 36.6 Å². The summed E-state index contributed by atoms with van der Waals surface area (Å²) < 4.78 is 0. The number of rotatable bonds is 5. The molecular weight excluding hydrogens is 256 g/mol. The summed E-state index contributed by atoms with van der Waals surface area (Å²) in [6.45, 7) is 8.58. The molecule has 1 heterocycles. The third-order valence-electron chi connectivity index (χ3n) is 6.71. The summed E-state index contributed by atoms with van der Waals surface area (Å²) in [6, 6.07) is 1.74. The van der Waals surface area contributed by atoms with E-state index in [1.165, 1.54) is 70.9 Å². The minimum absolute atomic E-state index is 0.791. The van der Waals surface area contributed by atoms with E-state index in [4.69, 9.17) is 0 Å². The van der Waals surface area contributed by atoms with E-state index in [1.54, 1.807) is 0 Å². The monoisotopic (exact) mass is 292 g/mol. The van der Waals surface area contributed by atoms with Crippen LogP contribution in [0.1, 0.15) is 71.6 Å². The molecule has 3 fully saturated rings. The van der Waals surface area contributed by atoms with Crippen molar-refractivity contribution in [2.24, 2.45) is 17.8 Å². The summed E-state index contributed by atoms with van der Waals surface area (Å²) in [5.41, 5.74) is 0. The molecule has 1 saturated heterocycles. The van der Waals surface area contributed by atoms with Gasteiger partial charge in [0.15, 0.2) is 0 Å². The Hall–Kier alpha value is -0.0800. The van der Waals surface area contributed by atoms with Gasteiger partial charge in [-0.2, -0.15) is 0 Å². The van der Waals surface area contributed by atoms with Crippen molar-refractivity contribution in [1.82, 2.24) is 10.2 Å². The molecule has 0 aromatic rings. The smallest absolute Gasteiger partial charge is 0.0124 e. The lowest BCUT2D eigenvalue weighted by Gasteiger charge is -2.44. The Morgan fingerprint density at radius 2 is 1.86 bits per heavy atom. The fourth-order valence-electron chi connectivity index (χ4n) is 5.55. The third-order valence-corrected chi connectivity index (χ3v) is 6.71. The summed E-state index contributed by atoms with van der Waals surface area (Å²) in [5.74, 6) is 2.94. The molecule has 5 atom stereocenters. The van der Waals surface area contributed by atoms with Crippen LogP contribution in [-0.2, 0) is 0 Å². The molecule has 2 aliphatic carbocycles. The maximum atomic E-state index is 3.80. The SMILES string of the molecule is CCNC1CCC(CC)CC1CN1CCCC2CCCC21. The maximum Gasteiger partial charge on any atom is 0.0124 e. The van der Waals surface area contributed by atoms with Crippen molar-refractivity contribution in [3.8, 4) is 0 Å². The van der Waals surface area contributed by atoms with Gasteiger partial charge < -0.3 is 5.32 Å². The molecule has 3 rings (SSSR count). The lowest BCUT2D eigenvalue weighted by molar-refractivity contribution is 0.0662. The molecule has 0 aromatic carbocycles. The van der Waals surface area contributed by atoms with Crippen molar-refractivity contribution in [3.63, 3.8) is 0 Å². The highest BCUT2D eigenvalue weighted by molar-refractivity contribution is 4.93. The van der Waals surface area contributed by atoms with Gasteiger partial charge in [-0.3, -0.25) is 4.90 Å². The molecule has 1 aliphatic heterocycles. The average molecular weight is 293 g/mol. The van der Waals surface area contributed by atoms with Gasteiger partial charge in [-0.15, -0.1) is 0 Å². The Kier molecular flexibility index (Phi) is 5.61. The van der Waals surface area contributed by atoms with E-state index in [0.717, 1.165) is 36.4 Å². The first-order valence-electron chi connectivity index (χ1n) is 9.79. The minimum atomic E-state index is 0.791. The second-order valence-corrected chi connectivity index (χ2v) is 7.91. The highest BCUT2D eigenvalue weighted by atomic mass is 15.2. The molecule has 122 valence electrons. The molecule has 0 spiro atoms. The van der Waals surface area contributed by atoms with E-state index in [-0.39, 0.29) is 0 Å². The Labute approximate surface area is 132 Å². The zero-order valence-corrected chi connectivity index (χ0v) is 14.3. The van der Waals surface area contributed by atoms with Gasteiger partial charge in [0.1, 0.15) is 0 Å². The van der Waals surface area contributed by atoms with E-state index in [1.807, 2.05) is 0 Å². The van der Waals surface area contributed by atoms with Gasteiger partial charge in [-0.25, -0.2) is 0 Å². The second kappa shape index (κ2) is 7.46. The number of nitrogens with zero attached hydrogens (tertiary/aromatic N) is 1. The number of nitrogens with one attached hydrogen (secondary N) is 1. The fraction of sp³-hybridized carbons (Fsp3) is 1.00. The number of piperidine rings is 1. The first-order valence-corrected chi connectivity index (χ1v) is 9.79. The first-order chi connectivity index (χ1) is 10.3. The summed E-state index contributed by atoms with van der Waals surface area (Å²) in [7, 11) is 0. The number of likely N-dealkylation sites (tertiary alicyclic amines) is 1. The van der Waals surface area contributed by atoms with Gasteiger partial charge in [-0.1, -0.05) is 26.7 Å². The van der Waals surface area contributed by atoms with Crippen LogP contribution in [0.3, 0.4) is 0 Å². The molecule has 0 amide bonds. The maximum absolute atomic E-state index is 3.80. The average Bonchev–Trinajstić information content (AvgIpc) is 2.99. The standard InChI is InChI=1S/C19H36N2/c1-3-15-10-11-18(20-4-2)17(13-15)14-21-12-6-8-16-7-5-9-19(16)21/h15-20H,3-14H2,1-2H3. The quantitative estimate of drug-likeness (QED) is 0.822. The van der Waals surface area contributed by atoms with Crippen molar-refractivity contribution < 1.29 is 0 Å². The minimum Gasteiger partial charge on any atom is -0.314 e. The highest BCUT2D eigenvalue weighted by Gasteiger charge is 2.38. The Balaban J connectivity index is 1.62. The van der Waals surface area contributed by atoms with Crippen molar-refractivity contribution in [2.45, 2.75) is 83.7 Å². The molecule has 2 nitrogen and oxygen atoms in total. The van der Waals surface area contributed by atoms with Crippen LogP contribution in [0.4, 0.5) is 0 Å². The van der Waals surface area contributed by atoms with Crippen LogP contribution in [0.5, 0.6) is 0 Å². The normalized spacial score (nSPS) is 41.1. The van der Waals surface area contributed by atoms with Crippen LogP contribution in [0.25, 0.3) is 0 Å². The van der Waals surface area contributed by atoms with E-state index in [2.05, 4.69) is 24.1 Å². The van der Waals surface area contributed by atoms with Gasteiger partial charge in [0.25, 0.3) is 0 Å². The number of hydrogen-bond donors (Lipinski definition) is 1. The number of hydrogen-bond acceptors (Lipinski definition) is 2. The molecule has 3 aliphatic rings. The summed E-state index contributed by atoms with van der Waals surface area (Å²) in [4.78, 5) is 2.91. The summed E-state index contributed by atoms with van der Waals surface area (Å²) in [6.07, 6.45) is 13.2. The van der Waals surface area contributed by atoms with E-state index in [9.17, 15) is 0 Å². The van der Waals surface area contributed by atoms with Gasteiger partial charge >= 0.3 is 0 Å². The highest BCUT2D eigenvalue weighted by Crippen LogP contribution is 2.39. The molecule has 0 bridgehead atoms. The summed E-state index contributed by atoms with van der Waals surface area (Å²) in [5, 5.41) is 3.80. The van der Waals surface area contributed by atoms with Crippen LogP contribution >= 0.6 is 0 Å². The van der Waals surface area contributed by atoms with Crippen LogP contribution < -0.4 is 5.32 Å². The Bertz CT molecular complexity index is 317. The molecular formula is C19H36N2. The van der Waals surface area contributed by atoms with Crippen molar-refractivity contribution in [2.75, 3.05) is 19.6 Å². The van der Waals surface area contributed by atoms with E-state index >= 15 is 0 Å². The van der Waals surface area contributed by atoms with Gasteiger partial charge in [-0.05, 0) is 75.8 Å². The zero-order valence-electron chi connectivity index (χ0n) is 14.3. The molecule has 2 heteroatoms. The lowest BCUT2D eigenvalue weighted by Crippen LogP contribution is -2.50. The molecule has 5 unspecified atom stereocenters. The topological polar surface area (TPSA) is 15.3 Å². The molecule has 0 radical (unpaired) electrons. The molecule has 2 saturated carbocycles. The predicted octanol–water partition coefficient (Wildman–Crippen LogP) is 4.06. The Morgan fingerprint density at radius 3 is 2.67 bits per heavy atom. The molecule has 0 aromatic heterocycles. The number of fused-ring (bicyclic) bond motifs is 1. The summed E-state index contributed by atoms with van der Waals surface area (Å²) >= 11 is 0. The predicted molar refractivity (Wildman–Crippen MR) is 90.5 cm³/mol. The third kappa shape index (κ3) is 3.64. The lowest BCUT2D eigenvalue weighted by atomic mass is 9.76. The van der Waals surface area contributed by atoms with Crippen molar-refractivity contribution in [3.05, 3.63) is 0 Å². The molecule has 1 N–H and O–H groups in total. The van der Waals surface area contributed by atoms with Crippen LogP contribution in [0, 0.1) is 17.8 Å². The second-order valence-electron chi connectivity index (χ2n) is 7.91.